The summed E-state index contributed by atoms with van der Waals surface area (Å²) < 4.78 is 1.54. The Morgan fingerprint density at radius 2 is 2.29 bits per heavy atom. The number of aryl methyl sites for hydroxylation is 2. The highest BCUT2D eigenvalue weighted by Crippen LogP contribution is 2.11. The molecule has 8 heteroatoms. The number of amides is 1. The summed E-state index contributed by atoms with van der Waals surface area (Å²) in [5.41, 5.74) is 1.96. The number of rotatable bonds is 6. The normalized spacial score (nSPS) is 12.1. The van der Waals surface area contributed by atoms with Gasteiger partial charge in [0.05, 0.1) is 5.75 Å². The van der Waals surface area contributed by atoms with Gasteiger partial charge in [-0.25, -0.2) is 4.68 Å². The summed E-state index contributed by atoms with van der Waals surface area (Å²) >= 11 is 1.31. The van der Waals surface area contributed by atoms with Crippen molar-refractivity contribution in [1.82, 2.24) is 30.5 Å². The van der Waals surface area contributed by atoms with Gasteiger partial charge in [0.25, 0.3) is 0 Å². The summed E-state index contributed by atoms with van der Waals surface area (Å²) in [6.07, 6.45) is 0.712. The van der Waals surface area contributed by atoms with E-state index in [4.69, 9.17) is 0 Å². The second-order valence-electron chi connectivity index (χ2n) is 4.82. The first-order chi connectivity index (χ1) is 10.0. The average Bonchev–Trinajstić information content (AvgIpc) is 2.81. The fourth-order valence-corrected chi connectivity index (χ4v) is 2.53. The fraction of sp³-hybridized carbons (Fsp3) is 0.462. The van der Waals surface area contributed by atoms with Gasteiger partial charge in [-0.3, -0.25) is 9.78 Å². The molecule has 1 N–H and O–H groups in total. The van der Waals surface area contributed by atoms with Gasteiger partial charge in [-0.2, -0.15) is 0 Å². The summed E-state index contributed by atoms with van der Waals surface area (Å²) in [7, 11) is 1.74. The van der Waals surface area contributed by atoms with Crippen molar-refractivity contribution in [1.29, 1.82) is 0 Å². The largest absolute Gasteiger partial charge is 0.353 e. The zero-order valence-corrected chi connectivity index (χ0v) is 13.1. The summed E-state index contributed by atoms with van der Waals surface area (Å²) in [6, 6.07) is 5.93. The van der Waals surface area contributed by atoms with Gasteiger partial charge in [0.15, 0.2) is 0 Å². The van der Waals surface area contributed by atoms with E-state index in [1.54, 1.807) is 7.05 Å². The quantitative estimate of drug-likeness (QED) is 0.793. The summed E-state index contributed by atoms with van der Waals surface area (Å²) in [4.78, 5) is 16.3. The third kappa shape index (κ3) is 4.82. The van der Waals surface area contributed by atoms with Crippen molar-refractivity contribution in [2.75, 3.05) is 5.75 Å². The second-order valence-corrected chi connectivity index (χ2v) is 5.76. The van der Waals surface area contributed by atoms with Gasteiger partial charge in [0, 0.05) is 30.9 Å². The Morgan fingerprint density at radius 3 is 2.95 bits per heavy atom. The molecule has 0 spiro atoms. The highest BCUT2D eigenvalue weighted by atomic mass is 32.2. The highest BCUT2D eigenvalue weighted by molar-refractivity contribution is 7.99. The standard InChI is InChI=1S/C13H18N6OS/c1-9-5-4-6-11(14-9)7-10(2)15-12(20)8-21-13-16-17-18-19(13)3/h4-6,10H,7-8H2,1-3H3,(H,15,20). The Balaban J connectivity index is 1.78. The van der Waals surface area contributed by atoms with E-state index in [9.17, 15) is 4.79 Å². The van der Waals surface area contributed by atoms with Crippen LogP contribution in [-0.2, 0) is 18.3 Å². The van der Waals surface area contributed by atoms with E-state index in [2.05, 4.69) is 25.8 Å². The van der Waals surface area contributed by atoms with Crippen molar-refractivity contribution < 1.29 is 4.79 Å². The van der Waals surface area contributed by atoms with Gasteiger partial charge >= 0.3 is 0 Å². The third-order valence-electron chi connectivity index (χ3n) is 2.78. The molecule has 0 radical (unpaired) electrons. The Morgan fingerprint density at radius 1 is 1.48 bits per heavy atom. The Hall–Kier alpha value is -1.96. The molecule has 0 aliphatic heterocycles. The van der Waals surface area contributed by atoms with Crippen LogP contribution >= 0.6 is 11.8 Å². The molecule has 2 rings (SSSR count). The van der Waals surface area contributed by atoms with E-state index in [0.717, 1.165) is 11.4 Å². The van der Waals surface area contributed by atoms with Crippen molar-refractivity contribution in [3.8, 4) is 0 Å². The predicted molar refractivity (Wildman–Crippen MR) is 79.8 cm³/mol. The van der Waals surface area contributed by atoms with Gasteiger partial charge < -0.3 is 5.32 Å². The van der Waals surface area contributed by atoms with Crippen LogP contribution in [0, 0.1) is 6.92 Å². The minimum atomic E-state index is -0.0387. The summed E-state index contributed by atoms with van der Waals surface area (Å²) in [6.45, 7) is 3.93. The summed E-state index contributed by atoms with van der Waals surface area (Å²) in [5.74, 6) is 0.253. The van der Waals surface area contributed by atoms with Crippen molar-refractivity contribution in [2.45, 2.75) is 31.5 Å². The van der Waals surface area contributed by atoms with E-state index in [0.29, 0.717) is 17.3 Å². The number of pyridine rings is 1. The minimum Gasteiger partial charge on any atom is -0.353 e. The van der Waals surface area contributed by atoms with Crippen LogP contribution in [0.1, 0.15) is 18.3 Å². The minimum absolute atomic E-state index is 0.0324. The molecule has 0 saturated carbocycles. The number of tetrazole rings is 1. The molecular formula is C13H18N6OS. The maximum absolute atomic E-state index is 11.9. The number of nitrogens with one attached hydrogen (secondary N) is 1. The lowest BCUT2D eigenvalue weighted by atomic mass is 10.1. The molecule has 0 saturated heterocycles. The first-order valence-corrected chi connectivity index (χ1v) is 7.60. The van der Waals surface area contributed by atoms with E-state index in [1.807, 2.05) is 32.0 Å². The molecule has 112 valence electrons. The molecule has 2 aromatic heterocycles. The third-order valence-corrected chi connectivity index (χ3v) is 3.79. The number of nitrogens with zero attached hydrogens (tertiary/aromatic N) is 5. The van der Waals surface area contributed by atoms with Crippen LogP contribution in [0.3, 0.4) is 0 Å². The fourth-order valence-electron chi connectivity index (χ4n) is 1.87. The van der Waals surface area contributed by atoms with E-state index < -0.39 is 0 Å². The molecule has 0 fully saturated rings. The molecule has 2 aromatic rings. The molecule has 0 bridgehead atoms. The number of carbonyl (C=O) groups excluding carboxylic acids is 1. The number of aromatic nitrogens is 5. The molecule has 2 heterocycles. The van der Waals surface area contributed by atoms with Crippen LogP contribution in [0.2, 0.25) is 0 Å². The van der Waals surface area contributed by atoms with Gasteiger partial charge in [-0.1, -0.05) is 17.8 Å². The van der Waals surface area contributed by atoms with Gasteiger partial charge in [-0.05, 0) is 36.4 Å². The lowest BCUT2D eigenvalue weighted by molar-refractivity contribution is -0.119. The van der Waals surface area contributed by atoms with E-state index >= 15 is 0 Å². The molecule has 21 heavy (non-hydrogen) atoms. The molecule has 7 nitrogen and oxygen atoms in total. The van der Waals surface area contributed by atoms with Crippen molar-refractivity contribution in [2.24, 2.45) is 7.05 Å². The van der Waals surface area contributed by atoms with Crippen molar-refractivity contribution in [3.05, 3.63) is 29.6 Å². The number of carbonyl (C=O) groups is 1. The van der Waals surface area contributed by atoms with Crippen molar-refractivity contribution in [3.63, 3.8) is 0 Å². The summed E-state index contributed by atoms with van der Waals surface area (Å²) in [5, 5.41) is 14.6. The monoisotopic (exact) mass is 306 g/mol. The topological polar surface area (TPSA) is 85.6 Å². The zero-order valence-electron chi connectivity index (χ0n) is 12.3. The lowest BCUT2D eigenvalue weighted by Gasteiger charge is -2.13. The Kier molecular flexibility index (Phi) is 5.26. The van der Waals surface area contributed by atoms with E-state index in [-0.39, 0.29) is 11.9 Å². The van der Waals surface area contributed by atoms with E-state index in [1.165, 1.54) is 16.4 Å². The first kappa shape index (κ1) is 15.4. The molecule has 1 unspecified atom stereocenters. The number of hydrogen-bond donors (Lipinski definition) is 1. The second kappa shape index (κ2) is 7.16. The molecular weight excluding hydrogens is 288 g/mol. The molecule has 0 aliphatic carbocycles. The molecule has 1 amide bonds. The highest BCUT2D eigenvalue weighted by Gasteiger charge is 2.11. The van der Waals surface area contributed by atoms with Crippen LogP contribution in [-0.4, -0.2) is 42.9 Å². The predicted octanol–water partition coefficient (Wildman–Crippen LogP) is 0.753. The average molecular weight is 306 g/mol. The molecule has 0 aromatic carbocycles. The zero-order chi connectivity index (χ0) is 15.2. The molecule has 0 aliphatic rings. The Labute approximate surface area is 127 Å². The maximum atomic E-state index is 11.9. The lowest BCUT2D eigenvalue weighted by Crippen LogP contribution is -2.35. The number of thioether (sulfide) groups is 1. The van der Waals surface area contributed by atoms with Gasteiger partial charge in [0.2, 0.25) is 11.1 Å². The van der Waals surface area contributed by atoms with Crippen LogP contribution in [0.5, 0.6) is 0 Å². The maximum Gasteiger partial charge on any atom is 0.230 e. The Bertz CT molecular complexity index is 614. The van der Waals surface area contributed by atoms with Crippen molar-refractivity contribution >= 4 is 17.7 Å². The molecule has 1 atom stereocenters. The van der Waals surface area contributed by atoms with Crippen LogP contribution in [0.15, 0.2) is 23.4 Å². The van der Waals surface area contributed by atoms with Crippen LogP contribution < -0.4 is 5.32 Å². The smallest absolute Gasteiger partial charge is 0.230 e. The first-order valence-electron chi connectivity index (χ1n) is 6.61. The van der Waals surface area contributed by atoms with Crippen LogP contribution in [0.4, 0.5) is 0 Å². The van der Waals surface area contributed by atoms with Crippen LogP contribution in [0.25, 0.3) is 0 Å². The number of hydrogen-bond acceptors (Lipinski definition) is 6. The van der Waals surface area contributed by atoms with Gasteiger partial charge in [0.1, 0.15) is 0 Å². The SMILES string of the molecule is Cc1cccc(CC(C)NC(=O)CSc2nnnn2C)n1. The van der Waals surface area contributed by atoms with Gasteiger partial charge in [-0.15, -0.1) is 5.10 Å².